The van der Waals surface area contributed by atoms with E-state index in [9.17, 15) is 0 Å². The summed E-state index contributed by atoms with van der Waals surface area (Å²) in [6, 6.07) is 18.2. The Morgan fingerprint density at radius 2 is 1.94 bits per heavy atom. The van der Waals surface area contributed by atoms with E-state index in [-0.39, 0.29) is 0 Å². The standard InChI is InChI=1S/C25H30N6/c1-18-7-8-21(16-22(18)24-15-19-5-3-4-6-23(19)29-24)31-13-10-20(11-14-31)26-12-9-25-27-17-28-30(25)2/h3-8,15-17,20,26,29H,9-14H2,1-2H3. The molecule has 2 aromatic heterocycles. The number of hydrogen-bond donors (Lipinski definition) is 2. The number of H-pyrrole nitrogens is 1. The van der Waals surface area contributed by atoms with Crippen molar-refractivity contribution in [1.29, 1.82) is 0 Å². The monoisotopic (exact) mass is 414 g/mol. The van der Waals surface area contributed by atoms with Crippen molar-refractivity contribution in [1.82, 2.24) is 25.1 Å². The van der Waals surface area contributed by atoms with E-state index in [2.05, 4.69) is 80.7 Å². The first-order chi connectivity index (χ1) is 15.2. The number of aryl methyl sites for hydroxylation is 2. The van der Waals surface area contributed by atoms with E-state index in [1.807, 2.05) is 11.7 Å². The molecular weight excluding hydrogens is 384 g/mol. The highest BCUT2D eigenvalue weighted by molar-refractivity contribution is 5.87. The molecule has 2 aromatic carbocycles. The highest BCUT2D eigenvalue weighted by Gasteiger charge is 2.20. The van der Waals surface area contributed by atoms with Crippen molar-refractivity contribution in [3.63, 3.8) is 0 Å². The number of aromatic amines is 1. The van der Waals surface area contributed by atoms with E-state index < -0.39 is 0 Å². The molecule has 0 amide bonds. The summed E-state index contributed by atoms with van der Waals surface area (Å²) in [5.41, 5.74) is 6.29. The Bertz CT molecular complexity index is 1130. The summed E-state index contributed by atoms with van der Waals surface area (Å²) in [7, 11) is 1.95. The van der Waals surface area contributed by atoms with Crippen molar-refractivity contribution in [2.75, 3.05) is 24.5 Å². The van der Waals surface area contributed by atoms with Crippen molar-refractivity contribution in [2.45, 2.75) is 32.2 Å². The van der Waals surface area contributed by atoms with E-state index in [0.29, 0.717) is 6.04 Å². The average molecular weight is 415 g/mol. The van der Waals surface area contributed by atoms with Crippen LogP contribution in [0.2, 0.25) is 0 Å². The summed E-state index contributed by atoms with van der Waals surface area (Å²) in [4.78, 5) is 10.4. The number of para-hydroxylation sites is 1. The number of benzene rings is 2. The molecule has 6 nitrogen and oxygen atoms in total. The summed E-state index contributed by atoms with van der Waals surface area (Å²) in [5.74, 6) is 1.04. The molecule has 3 heterocycles. The van der Waals surface area contributed by atoms with E-state index in [1.165, 1.54) is 33.4 Å². The fourth-order valence-corrected chi connectivity index (χ4v) is 4.59. The molecule has 1 fully saturated rings. The Hall–Kier alpha value is -3.12. The van der Waals surface area contributed by atoms with Gasteiger partial charge in [0.05, 0.1) is 0 Å². The van der Waals surface area contributed by atoms with Gasteiger partial charge in [-0.1, -0.05) is 24.3 Å². The third-order valence-electron chi connectivity index (χ3n) is 6.49. The van der Waals surface area contributed by atoms with Crippen LogP contribution >= 0.6 is 0 Å². The molecule has 0 unspecified atom stereocenters. The molecule has 0 radical (unpaired) electrons. The number of rotatable bonds is 6. The maximum absolute atomic E-state index is 4.31. The van der Waals surface area contributed by atoms with E-state index >= 15 is 0 Å². The van der Waals surface area contributed by atoms with Gasteiger partial charge in [0.25, 0.3) is 0 Å². The predicted molar refractivity (Wildman–Crippen MR) is 126 cm³/mol. The molecule has 160 valence electrons. The van der Waals surface area contributed by atoms with Gasteiger partial charge in [0.2, 0.25) is 0 Å². The Labute approximate surface area is 183 Å². The largest absolute Gasteiger partial charge is 0.371 e. The molecule has 31 heavy (non-hydrogen) atoms. The molecule has 4 aromatic rings. The zero-order valence-electron chi connectivity index (χ0n) is 18.3. The van der Waals surface area contributed by atoms with Crippen molar-refractivity contribution < 1.29 is 0 Å². The first-order valence-corrected chi connectivity index (χ1v) is 11.2. The first-order valence-electron chi connectivity index (χ1n) is 11.2. The highest BCUT2D eigenvalue weighted by Crippen LogP contribution is 2.31. The summed E-state index contributed by atoms with van der Waals surface area (Å²) < 4.78 is 1.85. The van der Waals surface area contributed by atoms with Crippen molar-refractivity contribution in [2.24, 2.45) is 7.05 Å². The van der Waals surface area contributed by atoms with Crippen LogP contribution in [-0.4, -0.2) is 45.4 Å². The molecule has 1 aliphatic heterocycles. The van der Waals surface area contributed by atoms with Crippen molar-refractivity contribution >= 4 is 16.6 Å². The Balaban J connectivity index is 1.22. The van der Waals surface area contributed by atoms with Crippen LogP contribution in [0.3, 0.4) is 0 Å². The summed E-state index contributed by atoms with van der Waals surface area (Å²) in [6.07, 6.45) is 4.87. The van der Waals surface area contributed by atoms with Crippen LogP contribution in [0.25, 0.3) is 22.2 Å². The Kier molecular flexibility index (Phi) is 5.47. The summed E-state index contributed by atoms with van der Waals surface area (Å²) in [5, 5.41) is 9.11. The van der Waals surface area contributed by atoms with Gasteiger partial charge in [-0.2, -0.15) is 5.10 Å². The minimum Gasteiger partial charge on any atom is -0.371 e. The number of aromatic nitrogens is 4. The molecule has 6 heteroatoms. The zero-order valence-corrected chi connectivity index (χ0v) is 18.3. The second-order valence-electron chi connectivity index (χ2n) is 8.53. The van der Waals surface area contributed by atoms with Crippen molar-refractivity contribution in [3.8, 4) is 11.3 Å². The third-order valence-corrected chi connectivity index (χ3v) is 6.49. The van der Waals surface area contributed by atoms with E-state index in [1.54, 1.807) is 6.33 Å². The van der Waals surface area contributed by atoms with Gasteiger partial charge in [0.15, 0.2) is 0 Å². The minimum atomic E-state index is 0.572. The topological polar surface area (TPSA) is 61.8 Å². The number of nitrogens with zero attached hydrogens (tertiary/aromatic N) is 4. The molecule has 1 aliphatic rings. The van der Waals surface area contributed by atoms with Crippen LogP contribution in [0.1, 0.15) is 24.2 Å². The van der Waals surface area contributed by atoms with Gasteiger partial charge in [-0.05, 0) is 49.6 Å². The van der Waals surface area contributed by atoms with Crippen LogP contribution in [-0.2, 0) is 13.5 Å². The maximum atomic E-state index is 4.31. The number of hydrogen-bond acceptors (Lipinski definition) is 4. The van der Waals surface area contributed by atoms with Gasteiger partial charge < -0.3 is 15.2 Å². The van der Waals surface area contributed by atoms with Crippen molar-refractivity contribution in [3.05, 3.63) is 66.2 Å². The van der Waals surface area contributed by atoms with E-state index in [4.69, 9.17) is 0 Å². The van der Waals surface area contributed by atoms with Gasteiger partial charge in [-0.3, -0.25) is 4.68 Å². The summed E-state index contributed by atoms with van der Waals surface area (Å²) in [6.45, 7) is 5.30. The SMILES string of the molecule is Cc1ccc(N2CCC(NCCc3ncnn3C)CC2)cc1-c1cc2ccccc2[nH]1. The minimum absolute atomic E-state index is 0.572. The lowest BCUT2D eigenvalue weighted by molar-refractivity contribution is 0.415. The fraction of sp³-hybridized carbons (Fsp3) is 0.360. The lowest BCUT2D eigenvalue weighted by Gasteiger charge is -2.34. The molecule has 0 atom stereocenters. The Morgan fingerprint density at radius 1 is 1.10 bits per heavy atom. The van der Waals surface area contributed by atoms with Crippen LogP contribution < -0.4 is 10.2 Å². The number of fused-ring (bicyclic) bond motifs is 1. The highest BCUT2D eigenvalue weighted by atomic mass is 15.3. The second kappa shape index (κ2) is 8.55. The van der Waals surface area contributed by atoms with Crippen LogP contribution in [0.5, 0.6) is 0 Å². The molecule has 1 saturated heterocycles. The summed E-state index contributed by atoms with van der Waals surface area (Å²) >= 11 is 0. The quantitative estimate of drug-likeness (QED) is 0.499. The lowest BCUT2D eigenvalue weighted by atomic mass is 10.0. The molecule has 0 spiro atoms. The number of piperidine rings is 1. The third kappa shape index (κ3) is 4.21. The molecular formula is C25H30N6. The molecule has 0 aliphatic carbocycles. The maximum Gasteiger partial charge on any atom is 0.138 e. The van der Waals surface area contributed by atoms with Gasteiger partial charge in [-0.15, -0.1) is 0 Å². The fourth-order valence-electron chi connectivity index (χ4n) is 4.59. The van der Waals surface area contributed by atoms with Crippen LogP contribution in [0.15, 0.2) is 54.9 Å². The number of nitrogens with one attached hydrogen (secondary N) is 2. The van der Waals surface area contributed by atoms with Gasteiger partial charge in [-0.25, -0.2) is 4.98 Å². The van der Waals surface area contributed by atoms with Gasteiger partial charge in [0.1, 0.15) is 12.2 Å². The Morgan fingerprint density at radius 3 is 2.71 bits per heavy atom. The first kappa shape index (κ1) is 19.8. The van der Waals surface area contributed by atoms with Gasteiger partial charge >= 0.3 is 0 Å². The smallest absolute Gasteiger partial charge is 0.138 e. The van der Waals surface area contributed by atoms with Crippen LogP contribution in [0, 0.1) is 6.92 Å². The zero-order chi connectivity index (χ0) is 21.2. The average Bonchev–Trinajstić information content (AvgIpc) is 3.40. The number of anilines is 1. The normalized spacial score (nSPS) is 15.1. The molecule has 0 saturated carbocycles. The molecule has 0 bridgehead atoms. The predicted octanol–water partition coefficient (Wildman–Crippen LogP) is 4.07. The van der Waals surface area contributed by atoms with Gasteiger partial charge in [0, 0.05) is 67.0 Å². The van der Waals surface area contributed by atoms with Crippen LogP contribution in [0.4, 0.5) is 5.69 Å². The second-order valence-corrected chi connectivity index (χ2v) is 8.53. The lowest BCUT2D eigenvalue weighted by Crippen LogP contribution is -2.43. The molecule has 5 rings (SSSR count). The van der Waals surface area contributed by atoms with E-state index in [0.717, 1.165) is 44.7 Å². The molecule has 2 N–H and O–H groups in total.